The Kier molecular flexibility index (Phi) is 7.36. The molecule has 1 heterocycles. The number of amides is 1. The topological polar surface area (TPSA) is 47.6 Å². The van der Waals surface area contributed by atoms with Crippen molar-refractivity contribution in [1.82, 2.24) is 5.32 Å². The summed E-state index contributed by atoms with van der Waals surface area (Å²) in [4.78, 5) is 13.0. The Morgan fingerprint density at radius 1 is 1.29 bits per heavy atom. The van der Waals surface area contributed by atoms with Crippen molar-refractivity contribution in [2.45, 2.75) is 26.3 Å². The fourth-order valence-corrected chi connectivity index (χ4v) is 2.70. The molecule has 0 bridgehead atoms. The molecule has 0 unspecified atom stereocenters. The maximum Gasteiger partial charge on any atom is 0.244 e. The fraction of sp³-hybridized carbons (Fsp3) is 0.316. The SMILES string of the molecule is CCCCOc1ccc(/C=C/C(=O)NCc2cccs2)cc1OC. The van der Waals surface area contributed by atoms with Crippen molar-refractivity contribution in [3.8, 4) is 11.5 Å². The zero-order chi connectivity index (χ0) is 17.2. The number of ether oxygens (including phenoxy) is 2. The lowest BCUT2D eigenvalue weighted by Crippen LogP contribution is -2.19. The molecule has 0 saturated carbocycles. The number of unbranched alkanes of at least 4 members (excludes halogenated alkanes) is 1. The van der Waals surface area contributed by atoms with Crippen molar-refractivity contribution in [2.24, 2.45) is 0 Å². The van der Waals surface area contributed by atoms with Crippen LogP contribution in [0.25, 0.3) is 6.08 Å². The van der Waals surface area contributed by atoms with Crippen LogP contribution in [0.15, 0.2) is 41.8 Å². The first-order valence-electron chi connectivity index (χ1n) is 8.02. The third-order valence-corrected chi connectivity index (χ3v) is 4.26. The van der Waals surface area contributed by atoms with E-state index in [-0.39, 0.29) is 5.91 Å². The third-order valence-electron chi connectivity index (χ3n) is 3.39. The van der Waals surface area contributed by atoms with Gasteiger partial charge >= 0.3 is 0 Å². The first-order valence-corrected chi connectivity index (χ1v) is 8.90. The third kappa shape index (κ3) is 5.74. The molecule has 0 saturated heterocycles. The minimum absolute atomic E-state index is 0.120. The monoisotopic (exact) mass is 345 g/mol. The molecule has 2 rings (SSSR count). The molecule has 0 radical (unpaired) electrons. The van der Waals surface area contributed by atoms with E-state index >= 15 is 0 Å². The number of nitrogens with one attached hydrogen (secondary N) is 1. The molecule has 0 fully saturated rings. The van der Waals surface area contributed by atoms with Crippen LogP contribution in [0.5, 0.6) is 11.5 Å². The maximum atomic E-state index is 11.9. The predicted octanol–water partition coefficient (Wildman–Crippen LogP) is 4.27. The summed E-state index contributed by atoms with van der Waals surface area (Å²) in [5.41, 5.74) is 0.890. The summed E-state index contributed by atoms with van der Waals surface area (Å²) >= 11 is 1.62. The molecule has 1 amide bonds. The first-order chi connectivity index (χ1) is 11.7. The molecule has 4 nitrogen and oxygen atoms in total. The van der Waals surface area contributed by atoms with Crippen LogP contribution >= 0.6 is 11.3 Å². The van der Waals surface area contributed by atoms with Crippen LogP contribution in [-0.2, 0) is 11.3 Å². The van der Waals surface area contributed by atoms with Gasteiger partial charge in [-0.15, -0.1) is 11.3 Å². The Balaban J connectivity index is 1.92. The van der Waals surface area contributed by atoms with Crippen LogP contribution in [0.1, 0.15) is 30.2 Å². The second-order valence-electron chi connectivity index (χ2n) is 5.24. The van der Waals surface area contributed by atoms with E-state index in [1.807, 2.05) is 35.7 Å². The van der Waals surface area contributed by atoms with Crippen LogP contribution in [0.3, 0.4) is 0 Å². The van der Waals surface area contributed by atoms with Crippen LogP contribution in [0.4, 0.5) is 0 Å². The lowest BCUT2D eigenvalue weighted by atomic mass is 10.2. The van der Waals surface area contributed by atoms with Crippen molar-refractivity contribution >= 4 is 23.3 Å². The van der Waals surface area contributed by atoms with Gasteiger partial charge < -0.3 is 14.8 Å². The summed E-state index contributed by atoms with van der Waals surface area (Å²) in [6.07, 6.45) is 5.39. The first kappa shape index (κ1) is 18.1. The molecule has 24 heavy (non-hydrogen) atoms. The summed E-state index contributed by atoms with van der Waals surface area (Å²) in [5.74, 6) is 1.28. The number of rotatable bonds is 9. The average molecular weight is 345 g/mol. The number of methoxy groups -OCH3 is 1. The largest absolute Gasteiger partial charge is 0.493 e. The highest BCUT2D eigenvalue weighted by molar-refractivity contribution is 7.09. The average Bonchev–Trinajstić information content (AvgIpc) is 3.12. The molecule has 1 aromatic heterocycles. The van der Waals surface area contributed by atoms with Crippen LogP contribution in [-0.4, -0.2) is 19.6 Å². The lowest BCUT2D eigenvalue weighted by molar-refractivity contribution is -0.116. The van der Waals surface area contributed by atoms with Crippen molar-refractivity contribution in [2.75, 3.05) is 13.7 Å². The molecule has 5 heteroatoms. The second kappa shape index (κ2) is 9.78. The smallest absolute Gasteiger partial charge is 0.244 e. The van der Waals surface area contributed by atoms with Crippen LogP contribution < -0.4 is 14.8 Å². The van der Waals surface area contributed by atoms with E-state index in [0.717, 1.165) is 29.0 Å². The Hall–Kier alpha value is -2.27. The van der Waals surface area contributed by atoms with E-state index < -0.39 is 0 Å². The van der Waals surface area contributed by atoms with Gasteiger partial charge in [0.25, 0.3) is 0 Å². The van der Waals surface area contributed by atoms with Gasteiger partial charge in [0.15, 0.2) is 11.5 Å². The van der Waals surface area contributed by atoms with E-state index in [1.54, 1.807) is 24.5 Å². The number of hydrogen-bond donors (Lipinski definition) is 1. The Morgan fingerprint density at radius 3 is 2.88 bits per heavy atom. The van der Waals surface area contributed by atoms with Crippen molar-refractivity contribution in [3.63, 3.8) is 0 Å². The fourth-order valence-electron chi connectivity index (χ4n) is 2.05. The molecular formula is C19H23NO3S. The van der Waals surface area contributed by atoms with Gasteiger partial charge in [-0.25, -0.2) is 0 Å². The van der Waals surface area contributed by atoms with Crippen molar-refractivity contribution in [3.05, 3.63) is 52.2 Å². The van der Waals surface area contributed by atoms with E-state index in [4.69, 9.17) is 9.47 Å². The molecular weight excluding hydrogens is 322 g/mol. The van der Waals surface area contributed by atoms with Crippen molar-refractivity contribution in [1.29, 1.82) is 0 Å². The highest BCUT2D eigenvalue weighted by Gasteiger charge is 2.05. The van der Waals surface area contributed by atoms with Gasteiger partial charge in [-0.1, -0.05) is 25.5 Å². The number of benzene rings is 1. The quantitative estimate of drug-likeness (QED) is 0.545. The molecule has 0 aliphatic carbocycles. The van der Waals surface area contributed by atoms with E-state index in [1.165, 1.54) is 6.08 Å². The summed E-state index contributed by atoms with van der Waals surface area (Å²) in [5, 5.41) is 4.85. The lowest BCUT2D eigenvalue weighted by Gasteiger charge is -2.10. The molecule has 0 atom stereocenters. The molecule has 1 aromatic carbocycles. The normalized spacial score (nSPS) is 10.8. The van der Waals surface area contributed by atoms with Crippen LogP contribution in [0, 0.1) is 0 Å². The summed E-state index contributed by atoms with van der Waals surface area (Å²) < 4.78 is 11.1. The molecule has 0 spiro atoms. The van der Waals surface area contributed by atoms with E-state index in [2.05, 4.69) is 12.2 Å². The Morgan fingerprint density at radius 2 is 2.17 bits per heavy atom. The number of carbonyl (C=O) groups excluding carboxylic acids is 1. The Bertz CT molecular complexity index is 665. The van der Waals surface area contributed by atoms with Gasteiger partial charge in [0.05, 0.1) is 20.3 Å². The minimum Gasteiger partial charge on any atom is -0.493 e. The zero-order valence-corrected chi connectivity index (χ0v) is 14.9. The van der Waals surface area contributed by atoms with E-state index in [0.29, 0.717) is 18.9 Å². The Labute approximate surface area is 147 Å². The van der Waals surface area contributed by atoms with Gasteiger partial charge in [0, 0.05) is 11.0 Å². The number of thiophene rings is 1. The van der Waals surface area contributed by atoms with Crippen molar-refractivity contribution < 1.29 is 14.3 Å². The summed E-state index contributed by atoms with van der Waals surface area (Å²) in [6.45, 7) is 3.35. The second-order valence-corrected chi connectivity index (χ2v) is 6.28. The highest BCUT2D eigenvalue weighted by Crippen LogP contribution is 2.28. The molecule has 0 aliphatic rings. The predicted molar refractivity (Wildman–Crippen MR) is 98.6 cm³/mol. The standard InChI is InChI=1S/C19H23NO3S/c1-3-4-11-23-17-9-7-15(13-18(17)22-2)8-10-19(21)20-14-16-6-5-12-24-16/h5-10,12-13H,3-4,11,14H2,1-2H3,(H,20,21)/b10-8+. The molecule has 2 aromatic rings. The number of hydrogen-bond acceptors (Lipinski definition) is 4. The molecule has 1 N–H and O–H groups in total. The minimum atomic E-state index is -0.120. The van der Waals surface area contributed by atoms with Gasteiger partial charge in [-0.2, -0.15) is 0 Å². The number of carbonyl (C=O) groups is 1. The zero-order valence-electron chi connectivity index (χ0n) is 14.1. The maximum absolute atomic E-state index is 11.9. The summed E-state index contributed by atoms with van der Waals surface area (Å²) in [6, 6.07) is 9.62. The molecule has 128 valence electrons. The van der Waals surface area contributed by atoms with Gasteiger partial charge in [-0.3, -0.25) is 4.79 Å². The highest BCUT2D eigenvalue weighted by atomic mass is 32.1. The van der Waals surface area contributed by atoms with Gasteiger partial charge in [0.2, 0.25) is 5.91 Å². The van der Waals surface area contributed by atoms with E-state index in [9.17, 15) is 4.79 Å². The summed E-state index contributed by atoms with van der Waals surface area (Å²) in [7, 11) is 1.61. The molecule has 0 aliphatic heterocycles. The van der Waals surface area contributed by atoms with Crippen LogP contribution in [0.2, 0.25) is 0 Å². The van der Waals surface area contributed by atoms with Gasteiger partial charge in [-0.05, 0) is 41.6 Å². The van der Waals surface area contributed by atoms with Gasteiger partial charge in [0.1, 0.15) is 0 Å².